The van der Waals surface area contributed by atoms with Crippen LogP contribution in [0.3, 0.4) is 0 Å². The van der Waals surface area contributed by atoms with Gasteiger partial charge in [0.15, 0.2) is 0 Å². The maximum absolute atomic E-state index is 10.9. The number of carbonyl (C=O) groups is 1. The second-order valence-electron chi connectivity index (χ2n) is 7.01. The fraction of sp³-hybridized carbons (Fsp3) is 0.409. The highest BCUT2D eigenvalue weighted by Crippen LogP contribution is 2.39. The van der Waals surface area contributed by atoms with E-state index in [2.05, 4.69) is 50.3 Å². The van der Waals surface area contributed by atoms with Crippen molar-refractivity contribution >= 4 is 11.5 Å². The lowest BCUT2D eigenvalue weighted by molar-refractivity contribution is -0.131. The Balaban J connectivity index is 2.45. The van der Waals surface area contributed by atoms with E-state index in [1.807, 2.05) is 6.92 Å². The van der Waals surface area contributed by atoms with Crippen LogP contribution in [0.25, 0.3) is 5.57 Å². The van der Waals surface area contributed by atoms with Crippen molar-refractivity contribution in [3.63, 3.8) is 0 Å². The molecule has 128 valence electrons. The maximum atomic E-state index is 10.9. The van der Waals surface area contributed by atoms with E-state index in [0.717, 1.165) is 37.7 Å². The second kappa shape index (κ2) is 8.68. The number of hydrogen-bond donors (Lipinski definition) is 1. The number of carboxylic acid groups (broad SMARTS) is 1. The van der Waals surface area contributed by atoms with Gasteiger partial charge in [0.05, 0.1) is 0 Å². The zero-order chi connectivity index (χ0) is 17.5. The summed E-state index contributed by atoms with van der Waals surface area (Å²) in [5.74, 6) is -0.218. The molecule has 24 heavy (non-hydrogen) atoms. The van der Waals surface area contributed by atoms with Crippen molar-refractivity contribution in [3.05, 3.63) is 64.8 Å². The molecule has 2 rings (SSSR count). The highest BCUT2D eigenvalue weighted by molar-refractivity contribution is 5.81. The fourth-order valence-corrected chi connectivity index (χ4v) is 3.32. The van der Waals surface area contributed by atoms with Crippen molar-refractivity contribution < 1.29 is 9.90 Å². The Morgan fingerprint density at radius 1 is 1.21 bits per heavy atom. The predicted molar refractivity (Wildman–Crippen MR) is 101 cm³/mol. The molecule has 0 bridgehead atoms. The summed E-state index contributed by atoms with van der Waals surface area (Å²) in [7, 11) is 0. The average Bonchev–Trinajstić information content (AvgIpc) is 2.53. The summed E-state index contributed by atoms with van der Waals surface area (Å²) >= 11 is 0. The molecule has 1 aromatic carbocycles. The van der Waals surface area contributed by atoms with Gasteiger partial charge in [-0.3, -0.25) is 0 Å². The minimum atomic E-state index is -0.879. The highest BCUT2D eigenvalue weighted by Gasteiger charge is 2.19. The summed E-state index contributed by atoms with van der Waals surface area (Å²) in [6, 6.07) is 10.6. The monoisotopic (exact) mass is 324 g/mol. The molecule has 2 nitrogen and oxygen atoms in total. The number of rotatable bonds is 6. The molecule has 0 saturated carbocycles. The van der Waals surface area contributed by atoms with Crippen LogP contribution in [0.4, 0.5) is 0 Å². The molecule has 0 aliphatic heterocycles. The van der Waals surface area contributed by atoms with E-state index < -0.39 is 5.97 Å². The summed E-state index contributed by atoms with van der Waals surface area (Å²) in [6.45, 7) is 6.38. The van der Waals surface area contributed by atoms with Gasteiger partial charge in [-0.15, -0.1) is 0 Å². The number of allylic oxidation sites excluding steroid dienone is 5. The Hall–Kier alpha value is -2.09. The molecule has 0 amide bonds. The molecule has 1 aromatic rings. The second-order valence-corrected chi connectivity index (χ2v) is 7.01. The summed E-state index contributed by atoms with van der Waals surface area (Å²) in [4.78, 5) is 10.9. The van der Waals surface area contributed by atoms with Crippen LogP contribution in [-0.4, -0.2) is 11.1 Å². The van der Waals surface area contributed by atoms with Crippen molar-refractivity contribution in [2.45, 2.75) is 52.9 Å². The molecular weight excluding hydrogens is 296 g/mol. The van der Waals surface area contributed by atoms with Crippen LogP contribution in [0.5, 0.6) is 0 Å². The molecule has 0 atom stereocenters. The van der Waals surface area contributed by atoms with Gasteiger partial charge >= 0.3 is 5.97 Å². The van der Waals surface area contributed by atoms with Gasteiger partial charge in [0.25, 0.3) is 0 Å². The molecule has 0 heterocycles. The van der Waals surface area contributed by atoms with E-state index in [1.165, 1.54) is 28.4 Å². The van der Waals surface area contributed by atoms with Crippen LogP contribution in [0.1, 0.15) is 58.4 Å². The molecule has 0 radical (unpaired) electrons. The van der Waals surface area contributed by atoms with Crippen molar-refractivity contribution in [2.24, 2.45) is 5.92 Å². The first-order chi connectivity index (χ1) is 11.5. The zero-order valence-electron chi connectivity index (χ0n) is 15.0. The zero-order valence-corrected chi connectivity index (χ0v) is 15.0. The van der Waals surface area contributed by atoms with Gasteiger partial charge in [-0.2, -0.15) is 0 Å². The highest BCUT2D eigenvalue weighted by atomic mass is 16.4. The van der Waals surface area contributed by atoms with Crippen LogP contribution in [0.15, 0.2) is 59.2 Å². The molecule has 0 saturated heterocycles. The first-order valence-electron chi connectivity index (χ1n) is 8.87. The molecule has 1 N–H and O–H groups in total. The molecule has 0 aromatic heterocycles. The van der Waals surface area contributed by atoms with E-state index >= 15 is 0 Å². The van der Waals surface area contributed by atoms with Crippen molar-refractivity contribution in [3.8, 4) is 0 Å². The van der Waals surface area contributed by atoms with Gasteiger partial charge in [-0.1, -0.05) is 50.3 Å². The van der Waals surface area contributed by atoms with Crippen LogP contribution < -0.4 is 0 Å². The molecule has 0 spiro atoms. The normalized spacial score (nSPS) is 17.7. The molecule has 0 unspecified atom stereocenters. The lowest BCUT2D eigenvalue weighted by Gasteiger charge is -2.25. The maximum Gasteiger partial charge on any atom is 0.328 e. The SMILES string of the molecule is CC(=C\C(=O)O)/C=C1\CCCC(c2ccccc2)=C1CCC(C)C. The van der Waals surface area contributed by atoms with E-state index in [-0.39, 0.29) is 0 Å². The number of hydrogen-bond acceptors (Lipinski definition) is 1. The minimum Gasteiger partial charge on any atom is -0.478 e. The third-order valence-corrected chi connectivity index (χ3v) is 4.47. The Kier molecular flexibility index (Phi) is 6.60. The molecular formula is C22H28O2. The third kappa shape index (κ3) is 5.23. The first-order valence-corrected chi connectivity index (χ1v) is 8.87. The fourth-order valence-electron chi connectivity index (χ4n) is 3.32. The van der Waals surface area contributed by atoms with E-state index in [4.69, 9.17) is 5.11 Å². The van der Waals surface area contributed by atoms with Gasteiger partial charge < -0.3 is 5.11 Å². The summed E-state index contributed by atoms with van der Waals surface area (Å²) in [5, 5.41) is 8.97. The molecule has 1 aliphatic carbocycles. The smallest absolute Gasteiger partial charge is 0.328 e. The first kappa shape index (κ1) is 18.3. The number of carboxylic acids is 1. The summed E-state index contributed by atoms with van der Waals surface area (Å²) in [5.41, 5.74) is 6.31. The van der Waals surface area contributed by atoms with Gasteiger partial charge in [0, 0.05) is 6.08 Å². The Morgan fingerprint density at radius 2 is 1.92 bits per heavy atom. The summed E-state index contributed by atoms with van der Waals surface area (Å²) < 4.78 is 0. The topological polar surface area (TPSA) is 37.3 Å². The quantitative estimate of drug-likeness (QED) is 0.650. The van der Waals surface area contributed by atoms with Gasteiger partial charge in [-0.05, 0) is 72.8 Å². The van der Waals surface area contributed by atoms with Gasteiger partial charge in [0.2, 0.25) is 0 Å². The van der Waals surface area contributed by atoms with Crippen molar-refractivity contribution in [1.82, 2.24) is 0 Å². The predicted octanol–water partition coefficient (Wildman–Crippen LogP) is 6.02. The Morgan fingerprint density at radius 3 is 2.54 bits per heavy atom. The molecule has 1 aliphatic rings. The lowest BCUT2D eigenvalue weighted by atomic mass is 9.80. The van der Waals surface area contributed by atoms with E-state index in [1.54, 1.807) is 0 Å². The largest absolute Gasteiger partial charge is 0.478 e. The third-order valence-electron chi connectivity index (χ3n) is 4.47. The molecule has 0 fully saturated rings. The van der Waals surface area contributed by atoms with E-state index in [9.17, 15) is 4.79 Å². The van der Waals surface area contributed by atoms with Crippen molar-refractivity contribution in [1.29, 1.82) is 0 Å². The van der Waals surface area contributed by atoms with Crippen LogP contribution in [-0.2, 0) is 4.79 Å². The number of benzene rings is 1. The van der Waals surface area contributed by atoms with Crippen LogP contribution >= 0.6 is 0 Å². The molecule has 2 heteroatoms. The van der Waals surface area contributed by atoms with E-state index in [0.29, 0.717) is 5.92 Å². The lowest BCUT2D eigenvalue weighted by Crippen LogP contribution is -2.05. The number of aliphatic carboxylic acids is 1. The minimum absolute atomic E-state index is 0.661. The Bertz CT molecular complexity index is 660. The van der Waals surface area contributed by atoms with Crippen LogP contribution in [0.2, 0.25) is 0 Å². The standard InChI is InChI=1S/C22H28O2/c1-16(2)12-13-21-19(14-17(3)15-22(23)24)10-7-11-20(21)18-8-5-4-6-9-18/h4-6,8-9,14-16H,7,10-13H2,1-3H3,(H,23,24)/b17-15+,19-14+. The van der Waals surface area contributed by atoms with Gasteiger partial charge in [-0.25, -0.2) is 4.79 Å². The average molecular weight is 324 g/mol. The van der Waals surface area contributed by atoms with Crippen molar-refractivity contribution in [2.75, 3.05) is 0 Å². The Labute approximate surface area is 145 Å². The van der Waals surface area contributed by atoms with Gasteiger partial charge in [0.1, 0.15) is 0 Å². The summed E-state index contributed by atoms with van der Waals surface area (Å²) in [6.07, 6.45) is 8.86. The van der Waals surface area contributed by atoms with Crippen LogP contribution in [0, 0.1) is 5.92 Å².